The Kier molecular flexibility index (Phi) is 6.59. The van der Waals surface area contributed by atoms with Gasteiger partial charge in [0.05, 0.1) is 12.1 Å². The van der Waals surface area contributed by atoms with Gasteiger partial charge in [-0.2, -0.15) is 0 Å². The lowest BCUT2D eigenvalue weighted by Gasteiger charge is -2.38. The SMILES string of the molecule is Cc1ccc(C2c3cc(OC(C)C(=O)NCC4CCCO4)ccc3CCN2C(=O)C2CC2)cc1. The molecule has 6 nitrogen and oxygen atoms in total. The van der Waals surface area contributed by atoms with Gasteiger partial charge in [0.2, 0.25) is 5.91 Å². The van der Waals surface area contributed by atoms with E-state index in [1.54, 1.807) is 6.92 Å². The fourth-order valence-electron chi connectivity index (χ4n) is 5.00. The van der Waals surface area contributed by atoms with E-state index in [0.717, 1.165) is 56.4 Å². The van der Waals surface area contributed by atoms with Crippen LogP contribution in [0.2, 0.25) is 0 Å². The maximum atomic E-state index is 13.2. The van der Waals surface area contributed by atoms with Crippen LogP contribution in [0.1, 0.15) is 60.9 Å². The summed E-state index contributed by atoms with van der Waals surface area (Å²) < 4.78 is 11.6. The summed E-state index contributed by atoms with van der Waals surface area (Å²) in [6.07, 6.45) is 4.32. The molecule has 2 aromatic carbocycles. The minimum Gasteiger partial charge on any atom is -0.481 e. The van der Waals surface area contributed by atoms with Crippen LogP contribution >= 0.6 is 0 Å². The highest BCUT2D eigenvalue weighted by molar-refractivity contribution is 5.82. The summed E-state index contributed by atoms with van der Waals surface area (Å²) in [4.78, 5) is 27.8. The summed E-state index contributed by atoms with van der Waals surface area (Å²) in [6, 6.07) is 14.4. The van der Waals surface area contributed by atoms with E-state index in [4.69, 9.17) is 9.47 Å². The summed E-state index contributed by atoms with van der Waals surface area (Å²) in [5.74, 6) is 0.927. The molecule has 1 saturated heterocycles. The first-order valence-electron chi connectivity index (χ1n) is 12.6. The highest BCUT2D eigenvalue weighted by Crippen LogP contribution is 2.41. The number of hydrogen-bond acceptors (Lipinski definition) is 4. The molecule has 0 radical (unpaired) electrons. The smallest absolute Gasteiger partial charge is 0.260 e. The Balaban J connectivity index is 1.36. The van der Waals surface area contributed by atoms with E-state index < -0.39 is 6.10 Å². The van der Waals surface area contributed by atoms with Crippen LogP contribution in [0.25, 0.3) is 0 Å². The topological polar surface area (TPSA) is 67.9 Å². The van der Waals surface area contributed by atoms with Gasteiger partial charge in [-0.05, 0) is 74.8 Å². The molecule has 3 unspecified atom stereocenters. The average Bonchev–Trinajstić information content (AvgIpc) is 3.57. The van der Waals surface area contributed by atoms with E-state index >= 15 is 0 Å². The Hall–Kier alpha value is -2.86. The van der Waals surface area contributed by atoms with Crippen molar-refractivity contribution in [2.45, 2.75) is 64.2 Å². The van der Waals surface area contributed by atoms with Crippen LogP contribution in [-0.2, 0) is 20.7 Å². The first kappa shape index (κ1) is 22.9. The van der Waals surface area contributed by atoms with Crippen molar-refractivity contribution < 1.29 is 19.1 Å². The maximum absolute atomic E-state index is 13.2. The highest BCUT2D eigenvalue weighted by atomic mass is 16.5. The Morgan fingerprint density at radius 2 is 1.94 bits per heavy atom. The third kappa shape index (κ3) is 4.97. The quantitative estimate of drug-likeness (QED) is 0.677. The second kappa shape index (κ2) is 9.79. The molecule has 1 aliphatic carbocycles. The normalized spacial score (nSPS) is 22.7. The second-order valence-corrected chi connectivity index (χ2v) is 9.87. The molecule has 6 heteroatoms. The number of carbonyl (C=O) groups is 2. The van der Waals surface area contributed by atoms with Crippen molar-refractivity contribution in [3.63, 3.8) is 0 Å². The molecule has 3 atom stereocenters. The molecule has 2 aromatic rings. The third-order valence-electron chi connectivity index (χ3n) is 7.16. The lowest BCUT2D eigenvalue weighted by atomic mass is 9.87. The van der Waals surface area contributed by atoms with Crippen molar-refractivity contribution in [2.24, 2.45) is 5.92 Å². The number of nitrogens with one attached hydrogen (secondary N) is 1. The van der Waals surface area contributed by atoms with E-state index in [-0.39, 0.29) is 29.9 Å². The molecule has 0 aromatic heterocycles. The molecule has 34 heavy (non-hydrogen) atoms. The number of ether oxygens (including phenoxy) is 2. The van der Waals surface area contributed by atoms with E-state index in [0.29, 0.717) is 12.3 Å². The molecule has 3 aliphatic rings. The maximum Gasteiger partial charge on any atom is 0.260 e. The fraction of sp³-hybridized carbons (Fsp3) is 0.500. The predicted octanol–water partition coefficient (Wildman–Crippen LogP) is 3.94. The zero-order chi connectivity index (χ0) is 23.7. The van der Waals surface area contributed by atoms with Crippen LogP contribution < -0.4 is 10.1 Å². The van der Waals surface area contributed by atoms with Crippen LogP contribution in [0.5, 0.6) is 5.75 Å². The summed E-state index contributed by atoms with van der Waals surface area (Å²) in [5.41, 5.74) is 4.63. The fourth-order valence-corrected chi connectivity index (χ4v) is 5.00. The summed E-state index contributed by atoms with van der Waals surface area (Å²) in [7, 11) is 0. The first-order chi connectivity index (χ1) is 16.5. The number of nitrogens with zero attached hydrogens (tertiary/aromatic N) is 1. The zero-order valence-electron chi connectivity index (χ0n) is 20.1. The van der Waals surface area contributed by atoms with E-state index in [2.05, 4.69) is 42.6 Å². The van der Waals surface area contributed by atoms with Gasteiger partial charge in [0.25, 0.3) is 5.91 Å². The lowest BCUT2D eigenvalue weighted by molar-refractivity contribution is -0.134. The molecular weight excluding hydrogens is 428 g/mol. The van der Waals surface area contributed by atoms with Gasteiger partial charge in [0, 0.05) is 25.6 Å². The highest BCUT2D eigenvalue weighted by Gasteiger charge is 2.39. The number of amides is 2. The molecule has 2 heterocycles. The average molecular weight is 463 g/mol. The molecule has 2 aliphatic heterocycles. The van der Waals surface area contributed by atoms with Crippen molar-refractivity contribution in [2.75, 3.05) is 19.7 Å². The summed E-state index contributed by atoms with van der Waals surface area (Å²) >= 11 is 0. The molecule has 1 N–H and O–H groups in total. The summed E-state index contributed by atoms with van der Waals surface area (Å²) in [5, 5.41) is 2.95. The van der Waals surface area contributed by atoms with Gasteiger partial charge in [-0.25, -0.2) is 0 Å². The Bertz CT molecular complexity index is 1040. The monoisotopic (exact) mass is 462 g/mol. The summed E-state index contributed by atoms with van der Waals surface area (Å²) in [6.45, 7) is 5.85. The molecule has 2 amide bonds. The lowest BCUT2D eigenvalue weighted by Crippen LogP contribution is -2.41. The molecule has 0 spiro atoms. The van der Waals surface area contributed by atoms with Gasteiger partial charge in [0.1, 0.15) is 5.75 Å². The van der Waals surface area contributed by atoms with Crippen LogP contribution in [0.4, 0.5) is 0 Å². The van der Waals surface area contributed by atoms with Gasteiger partial charge in [0.15, 0.2) is 6.10 Å². The van der Waals surface area contributed by atoms with Crippen molar-refractivity contribution >= 4 is 11.8 Å². The van der Waals surface area contributed by atoms with E-state index in [1.165, 1.54) is 11.1 Å². The largest absolute Gasteiger partial charge is 0.481 e. The minimum atomic E-state index is -0.620. The molecule has 2 fully saturated rings. The van der Waals surface area contributed by atoms with Crippen molar-refractivity contribution in [3.8, 4) is 5.75 Å². The van der Waals surface area contributed by atoms with Crippen LogP contribution in [-0.4, -0.2) is 48.6 Å². The molecule has 180 valence electrons. The second-order valence-electron chi connectivity index (χ2n) is 9.87. The molecular formula is C28H34N2O4. The zero-order valence-corrected chi connectivity index (χ0v) is 20.1. The standard InChI is InChI=1S/C28H34N2O4/c1-18-5-7-21(8-6-18)26-25-16-23(34-19(2)27(31)29-17-24-4-3-15-33-24)12-11-20(25)13-14-30(26)28(32)22-9-10-22/h5-8,11-12,16,19,22,24,26H,3-4,9-10,13-15,17H2,1-2H3,(H,29,31). The van der Waals surface area contributed by atoms with Gasteiger partial charge in [-0.15, -0.1) is 0 Å². The molecule has 1 saturated carbocycles. The van der Waals surface area contributed by atoms with Gasteiger partial charge in [-0.3, -0.25) is 9.59 Å². The predicted molar refractivity (Wildman–Crippen MR) is 130 cm³/mol. The van der Waals surface area contributed by atoms with E-state index in [9.17, 15) is 9.59 Å². The van der Waals surface area contributed by atoms with Crippen LogP contribution in [0.3, 0.4) is 0 Å². The Labute approximate surface area is 201 Å². The Morgan fingerprint density at radius 3 is 2.65 bits per heavy atom. The first-order valence-corrected chi connectivity index (χ1v) is 12.6. The van der Waals surface area contributed by atoms with Crippen molar-refractivity contribution in [1.29, 1.82) is 0 Å². The van der Waals surface area contributed by atoms with Gasteiger partial charge in [-0.1, -0.05) is 35.9 Å². The molecule has 5 rings (SSSR count). The number of rotatable bonds is 7. The van der Waals surface area contributed by atoms with Gasteiger partial charge < -0.3 is 19.7 Å². The molecule has 0 bridgehead atoms. The van der Waals surface area contributed by atoms with Crippen molar-refractivity contribution in [1.82, 2.24) is 10.2 Å². The third-order valence-corrected chi connectivity index (χ3v) is 7.16. The van der Waals surface area contributed by atoms with E-state index in [1.807, 2.05) is 17.0 Å². The van der Waals surface area contributed by atoms with Crippen molar-refractivity contribution in [3.05, 3.63) is 64.7 Å². The number of fused-ring (bicyclic) bond motifs is 1. The van der Waals surface area contributed by atoms with Crippen LogP contribution in [0, 0.1) is 12.8 Å². The number of benzene rings is 2. The Morgan fingerprint density at radius 1 is 1.15 bits per heavy atom. The van der Waals surface area contributed by atoms with Crippen LogP contribution in [0.15, 0.2) is 42.5 Å². The number of hydrogen-bond donors (Lipinski definition) is 1. The van der Waals surface area contributed by atoms with Gasteiger partial charge >= 0.3 is 0 Å². The number of aryl methyl sites for hydroxylation is 1. The number of carbonyl (C=O) groups excluding carboxylic acids is 2. The minimum absolute atomic E-state index is 0.102.